The second-order valence-corrected chi connectivity index (χ2v) is 9.53. The van der Waals surface area contributed by atoms with Crippen molar-refractivity contribution in [2.24, 2.45) is 5.41 Å². The van der Waals surface area contributed by atoms with E-state index in [0.717, 1.165) is 38.2 Å². The van der Waals surface area contributed by atoms with Crippen molar-refractivity contribution in [2.75, 3.05) is 33.2 Å². The Labute approximate surface area is 209 Å². The number of ether oxygens (including phenoxy) is 1. The molecule has 0 radical (unpaired) electrons. The highest BCUT2D eigenvalue weighted by molar-refractivity contribution is 5.85. The SMILES string of the molecule is CCCCN(CCCC)CC1(C)CN(C)C(C)CC1(OC(=O)CC)c1ccccc1.Cl.Cl. The number of esters is 1. The number of nitrogens with zero attached hydrogens (tertiary/aromatic N) is 2. The summed E-state index contributed by atoms with van der Waals surface area (Å²) in [5.74, 6) is -0.101. The van der Waals surface area contributed by atoms with Gasteiger partial charge in [-0.05, 0) is 45.5 Å². The van der Waals surface area contributed by atoms with Gasteiger partial charge in [-0.1, -0.05) is 70.9 Å². The maximum absolute atomic E-state index is 12.7. The summed E-state index contributed by atoms with van der Waals surface area (Å²) in [5, 5.41) is 0. The summed E-state index contributed by atoms with van der Waals surface area (Å²) in [6.07, 6.45) is 6.05. The van der Waals surface area contributed by atoms with Crippen LogP contribution in [0.3, 0.4) is 0 Å². The Morgan fingerprint density at radius 2 is 1.66 bits per heavy atom. The number of carbonyl (C=O) groups excluding carboxylic acids is 1. The molecule has 1 aromatic rings. The Kier molecular flexibility index (Phi) is 14.1. The smallest absolute Gasteiger partial charge is 0.306 e. The molecular formula is C26H46Cl2N2O2. The topological polar surface area (TPSA) is 32.8 Å². The highest BCUT2D eigenvalue weighted by Crippen LogP contribution is 2.51. The molecular weight excluding hydrogens is 443 g/mol. The molecule has 3 atom stereocenters. The quantitative estimate of drug-likeness (QED) is 0.341. The van der Waals surface area contributed by atoms with E-state index in [4.69, 9.17) is 4.74 Å². The number of unbranched alkanes of at least 4 members (excludes halogenated alkanes) is 2. The molecule has 0 bridgehead atoms. The molecule has 6 heteroatoms. The Morgan fingerprint density at radius 1 is 1.09 bits per heavy atom. The maximum atomic E-state index is 12.7. The standard InChI is InChI=1S/C26H44N2O2.2ClH/c1-7-10-17-28(18-11-8-2)21-25(5)20-27(6)22(4)19-26(25,30-24(29)9-3)23-15-13-12-14-16-23;;/h12-16,22H,7-11,17-21H2,1-6H3;2*1H. The van der Waals surface area contributed by atoms with Crippen LogP contribution in [0.4, 0.5) is 0 Å². The maximum Gasteiger partial charge on any atom is 0.306 e. The molecule has 1 aliphatic heterocycles. The van der Waals surface area contributed by atoms with Crippen molar-refractivity contribution in [3.05, 3.63) is 35.9 Å². The molecule has 3 unspecified atom stereocenters. The summed E-state index contributed by atoms with van der Waals surface area (Å²) < 4.78 is 6.47. The van der Waals surface area contributed by atoms with Crippen molar-refractivity contribution < 1.29 is 9.53 Å². The minimum Gasteiger partial charge on any atom is -0.453 e. The zero-order valence-electron chi connectivity index (χ0n) is 21.1. The first kappa shape index (κ1) is 31.2. The van der Waals surface area contributed by atoms with Gasteiger partial charge in [0, 0.05) is 37.4 Å². The van der Waals surface area contributed by atoms with E-state index < -0.39 is 5.60 Å². The zero-order chi connectivity index (χ0) is 22.2. The van der Waals surface area contributed by atoms with E-state index >= 15 is 0 Å². The van der Waals surface area contributed by atoms with Crippen LogP contribution in [0.1, 0.15) is 78.7 Å². The molecule has 0 spiro atoms. The Balaban J connectivity index is 0.00000480. The summed E-state index contributed by atoms with van der Waals surface area (Å²) in [7, 11) is 2.21. The van der Waals surface area contributed by atoms with Crippen LogP contribution >= 0.6 is 24.8 Å². The third kappa shape index (κ3) is 7.35. The van der Waals surface area contributed by atoms with Gasteiger partial charge in [0.05, 0.1) is 0 Å². The molecule has 2 rings (SSSR count). The number of piperidine rings is 1. The van der Waals surface area contributed by atoms with Crippen LogP contribution in [0.5, 0.6) is 0 Å². The molecule has 0 N–H and O–H groups in total. The lowest BCUT2D eigenvalue weighted by atomic mass is 9.63. The highest BCUT2D eigenvalue weighted by Gasteiger charge is 2.57. The van der Waals surface area contributed by atoms with Gasteiger partial charge in [-0.3, -0.25) is 4.79 Å². The molecule has 1 saturated heterocycles. The molecule has 0 aliphatic carbocycles. The number of carbonyl (C=O) groups is 1. The van der Waals surface area contributed by atoms with E-state index in [2.05, 4.69) is 68.8 Å². The normalized spacial score (nSPS) is 25.7. The highest BCUT2D eigenvalue weighted by atomic mass is 35.5. The van der Waals surface area contributed by atoms with Crippen LogP contribution in [0, 0.1) is 5.41 Å². The fourth-order valence-corrected chi connectivity index (χ4v) is 5.02. The third-order valence-electron chi connectivity index (χ3n) is 6.95. The summed E-state index contributed by atoms with van der Waals surface area (Å²) in [5.41, 5.74) is 0.339. The van der Waals surface area contributed by atoms with E-state index in [9.17, 15) is 4.79 Å². The number of halogens is 2. The first-order chi connectivity index (χ1) is 14.3. The summed E-state index contributed by atoms with van der Waals surface area (Å²) in [4.78, 5) is 17.8. The van der Waals surface area contributed by atoms with Crippen molar-refractivity contribution in [2.45, 2.75) is 84.8 Å². The van der Waals surface area contributed by atoms with Crippen LogP contribution < -0.4 is 0 Å². The van der Waals surface area contributed by atoms with Gasteiger partial charge >= 0.3 is 5.97 Å². The van der Waals surface area contributed by atoms with E-state index in [1.807, 2.05) is 13.0 Å². The van der Waals surface area contributed by atoms with Crippen molar-refractivity contribution in [1.82, 2.24) is 9.80 Å². The molecule has 1 aromatic carbocycles. The molecule has 1 heterocycles. The van der Waals surface area contributed by atoms with Gasteiger partial charge in [0.2, 0.25) is 0 Å². The van der Waals surface area contributed by atoms with E-state index in [-0.39, 0.29) is 36.2 Å². The van der Waals surface area contributed by atoms with Crippen LogP contribution in [-0.4, -0.2) is 55.0 Å². The second kappa shape index (κ2) is 14.5. The van der Waals surface area contributed by atoms with Crippen molar-refractivity contribution in [1.29, 1.82) is 0 Å². The van der Waals surface area contributed by atoms with Gasteiger partial charge < -0.3 is 14.5 Å². The second-order valence-electron chi connectivity index (χ2n) is 9.53. The first-order valence-electron chi connectivity index (χ1n) is 12.0. The number of likely N-dealkylation sites (tertiary alicyclic amines) is 1. The summed E-state index contributed by atoms with van der Waals surface area (Å²) in [6.45, 7) is 15.1. The fraction of sp³-hybridized carbons (Fsp3) is 0.731. The van der Waals surface area contributed by atoms with Gasteiger partial charge in [-0.15, -0.1) is 24.8 Å². The molecule has 4 nitrogen and oxygen atoms in total. The Hall–Kier alpha value is -0.810. The monoisotopic (exact) mass is 488 g/mol. The number of rotatable bonds is 11. The number of benzene rings is 1. The molecule has 1 fully saturated rings. The Morgan fingerprint density at radius 3 is 2.16 bits per heavy atom. The summed E-state index contributed by atoms with van der Waals surface area (Å²) in [6, 6.07) is 10.9. The zero-order valence-corrected chi connectivity index (χ0v) is 22.7. The van der Waals surface area contributed by atoms with E-state index in [1.165, 1.54) is 25.7 Å². The molecule has 0 saturated carbocycles. The summed E-state index contributed by atoms with van der Waals surface area (Å²) >= 11 is 0. The van der Waals surface area contributed by atoms with Gasteiger partial charge in [0.25, 0.3) is 0 Å². The van der Waals surface area contributed by atoms with Crippen LogP contribution in [0.2, 0.25) is 0 Å². The van der Waals surface area contributed by atoms with E-state index in [1.54, 1.807) is 0 Å². The average Bonchev–Trinajstić information content (AvgIpc) is 2.74. The molecule has 1 aliphatic rings. The van der Waals surface area contributed by atoms with Gasteiger partial charge in [-0.25, -0.2) is 0 Å². The molecule has 186 valence electrons. The van der Waals surface area contributed by atoms with Crippen LogP contribution in [0.25, 0.3) is 0 Å². The predicted molar refractivity (Wildman–Crippen MR) is 140 cm³/mol. The molecule has 0 amide bonds. The predicted octanol–water partition coefficient (Wildman–Crippen LogP) is 6.31. The van der Waals surface area contributed by atoms with Crippen LogP contribution in [-0.2, 0) is 15.1 Å². The van der Waals surface area contributed by atoms with Gasteiger partial charge in [-0.2, -0.15) is 0 Å². The lowest BCUT2D eigenvalue weighted by Crippen LogP contribution is -2.63. The van der Waals surface area contributed by atoms with Crippen molar-refractivity contribution >= 4 is 30.8 Å². The van der Waals surface area contributed by atoms with Crippen molar-refractivity contribution in [3.8, 4) is 0 Å². The minimum atomic E-state index is -0.607. The lowest BCUT2D eigenvalue weighted by molar-refractivity contribution is -0.201. The van der Waals surface area contributed by atoms with Gasteiger partial charge in [0.15, 0.2) is 0 Å². The average molecular weight is 490 g/mol. The van der Waals surface area contributed by atoms with Gasteiger partial charge in [0.1, 0.15) is 5.60 Å². The molecule has 32 heavy (non-hydrogen) atoms. The Bertz CT molecular complexity index is 652. The minimum absolute atomic E-state index is 0. The first-order valence-corrected chi connectivity index (χ1v) is 12.0. The molecule has 0 aromatic heterocycles. The van der Waals surface area contributed by atoms with Crippen molar-refractivity contribution in [3.63, 3.8) is 0 Å². The largest absolute Gasteiger partial charge is 0.453 e. The van der Waals surface area contributed by atoms with Crippen LogP contribution in [0.15, 0.2) is 30.3 Å². The number of hydrogen-bond acceptors (Lipinski definition) is 4. The van der Waals surface area contributed by atoms with E-state index in [0.29, 0.717) is 12.5 Å². The lowest BCUT2D eigenvalue weighted by Gasteiger charge is -2.57. The fourth-order valence-electron chi connectivity index (χ4n) is 5.02. The third-order valence-corrected chi connectivity index (χ3v) is 6.95. The number of hydrogen-bond donors (Lipinski definition) is 0.